The fourth-order valence-electron chi connectivity index (χ4n) is 4.26. The van der Waals surface area contributed by atoms with Gasteiger partial charge < -0.3 is 5.11 Å². The molecule has 0 saturated carbocycles. The van der Waals surface area contributed by atoms with Gasteiger partial charge >= 0.3 is 0 Å². The first kappa shape index (κ1) is 18.0. The quantitative estimate of drug-likeness (QED) is 0.792. The number of benzene rings is 1. The number of nitrogens with one attached hydrogen (secondary N) is 1. The van der Waals surface area contributed by atoms with Crippen molar-refractivity contribution >= 4 is 23.2 Å². The molecular formula is C18H24Cl2N2O2. The first-order valence-corrected chi connectivity index (χ1v) is 9.10. The topological polar surface area (TPSA) is 44.7 Å². The van der Waals surface area contributed by atoms with E-state index in [1.165, 1.54) is 5.57 Å². The molecule has 2 bridgehead atoms. The summed E-state index contributed by atoms with van der Waals surface area (Å²) in [7, 11) is 3.71. The lowest BCUT2D eigenvalue weighted by atomic mass is 9.79. The zero-order valence-corrected chi connectivity index (χ0v) is 15.7. The van der Waals surface area contributed by atoms with Crippen molar-refractivity contribution in [3.8, 4) is 0 Å². The molecule has 2 heterocycles. The Labute approximate surface area is 153 Å². The van der Waals surface area contributed by atoms with Crippen molar-refractivity contribution < 1.29 is 9.94 Å². The summed E-state index contributed by atoms with van der Waals surface area (Å²) in [6.45, 7) is 2.09. The molecule has 2 unspecified atom stereocenters. The van der Waals surface area contributed by atoms with Crippen molar-refractivity contribution in [3.05, 3.63) is 45.1 Å². The smallest absolute Gasteiger partial charge is 0.0749 e. The molecule has 2 N–H and O–H groups in total. The predicted octanol–water partition coefficient (Wildman–Crippen LogP) is 3.73. The number of hydrogen-bond donors (Lipinski definition) is 2. The maximum absolute atomic E-state index is 10.6. The van der Waals surface area contributed by atoms with E-state index in [1.807, 2.05) is 18.2 Å². The van der Waals surface area contributed by atoms with Gasteiger partial charge in [-0.2, -0.15) is 0 Å². The van der Waals surface area contributed by atoms with Gasteiger partial charge in [0.2, 0.25) is 0 Å². The third-order valence-electron chi connectivity index (χ3n) is 5.37. The lowest BCUT2D eigenvalue weighted by molar-refractivity contribution is 0.101. The molecule has 132 valence electrons. The number of fused-ring (bicyclic) bond motifs is 2. The summed E-state index contributed by atoms with van der Waals surface area (Å²) >= 11 is 12.3. The zero-order chi connectivity index (χ0) is 17.4. The SMILES string of the molecule is CCC(NOC)=C1[C@H](c2ccc(Cl)c(Cl)c2)CC2CC(O)[C@@H]1N2C. The largest absolute Gasteiger partial charge is 0.391 e. The average molecular weight is 371 g/mol. The highest BCUT2D eigenvalue weighted by atomic mass is 35.5. The molecule has 4 nitrogen and oxygen atoms in total. The Morgan fingerprint density at radius 1 is 1.33 bits per heavy atom. The van der Waals surface area contributed by atoms with Crippen LogP contribution in [-0.4, -0.2) is 42.4 Å². The molecule has 0 aliphatic carbocycles. The van der Waals surface area contributed by atoms with Gasteiger partial charge in [0.1, 0.15) is 0 Å². The van der Waals surface area contributed by atoms with E-state index in [1.54, 1.807) is 7.11 Å². The van der Waals surface area contributed by atoms with Gasteiger partial charge in [0.15, 0.2) is 0 Å². The van der Waals surface area contributed by atoms with Gasteiger partial charge in [-0.15, -0.1) is 0 Å². The van der Waals surface area contributed by atoms with E-state index in [4.69, 9.17) is 28.0 Å². The number of aliphatic hydroxyl groups excluding tert-OH is 1. The van der Waals surface area contributed by atoms with Gasteiger partial charge in [-0.05, 0) is 49.6 Å². The fourth-order valence-corrected chi connectivity index (χ4v) is 4.57. The molecule has 0 amide bonds. The average Bonchev–Trinajstić information content (AvgIpc) is 2.74. The highest BCUT2D eigenvalue weighted by Crippen LogP contribution is 2.47. The summed E-state index contributed by atoms with van der Waals surface area (Å²) in [5.74, 6) is 0.195. The van der Waals surface area contributed by atoms with Crippen molar-refractivity contribution in [2.24, 2.45) is 0 Å². The first-order chi connectivity index (χ1) is 11.5. The maximum atomic E-state index is 10.6. The van der Waals surface area contributed by atoms with E-state index in [0.29, 0.717) is 16.1 Å². The minimum atomic E-state index is -0.358. The summed E-state index contributed by atoms with van der Waals surface area (Å²) in [6, 6.07) is 6.21. The molecular weight excluding hydrogens is 347 g/mol. The van der Waals surface area contributed by atoms with E-state index >= 15 is 0 Å². The van der Waals surface area contributed by atoms with E-state index < -0.39 is 0 Å². The normalized spacial score (nSPS) is 32.1. The van der Waals surface area contributed by atoms with E-state index in [0.717, 1.165) is 30.5 Å². The van der Waals surface area contributed by atoms with Crippen LogP contribution in [0.2, 0.25) is 10.0 Å². The lowest BCUT2D eigenvalue weighted by Crippen LogP contribution is -2.45. The Morgan fingerprint density at radius 3 is 2.71 bits per heavy atom. The third kappa shape index (κ3) is 3.06. The second-order valence-electron chi connectivity index (χ2n) is 6.62. The number of aliphatic hydroxyl groups is 1. The lowest BCUT2D eigenvalue weighted by Gasteiger charge is -2.40. The molecule has 1 aromatic rings. The molecule has 2 aliphatic rings. The molecule has 3 rings (SSSR count). The number of halogens is 2. The summed E-state index contributed by atoms with van der Waals surface area (Å²) in [5.41, 5.74) is 6.40. The van der Waals surface area contributed by atoms with Crippen molar-refractivity contribution in [2.45, 2.75) is 50.3 Å². The van der Waals surface area contributed by atoms with Crippen LogP contribution in [0.25, 0.3) is 0 Å². The second kappa shape index (κ2) is 7.22. The molecule has 4 atom stereocenters. The van der Waals surface area contributed by atoms with Gasteiger partial charge in [-0.1, -0.05) is 36.2 Å². The van der Waals surface area contributed by atoms with Gasteiger partial charge in [-0.25, -0.2) is 0 Å². The number of hydrogen-bond acceptors (Lipinski definition) is 4. The zero-order valence-electron chi connectivity index (χ0n) is 14.2. The number of piperidine rings is 1. The van der Waals surface area contributed by atoms with Crippen molar-refractivity contribution in [1.82, 2.24) is 10.4 Å². The van der Waals surface area contributed by atoms with E-state index in [9.17, 15) is 5.11 Å². The number of allylic oxidation sites excluding steroid dienone is 1. The number of nitrogens with zero attached hydrogens (tertiary/aromatic N) is 1. The molecule has 0 aromatic heterocycles. The minimum absolute atomic E-state index is 0.000744. The highest BCUT2D eigenvalue weighted by molar-refractivity contribution is 6.42. The number of likely N-dealkylation sites (N-methyl/N-ethyl adjacent to an activating group) is 1. The van der Waals surface area contributed by atoms with Crippen molar-refractivity contribution in [2.75, 3.05) is 14.2 Å². The van der Waals surface area contributed by atoms with Crippen molar-refractivity contribution in [1.29, 1.82) is 0 Å². The van der Waals surface area contributed by atoms with Crippen LogP contribution < -0.4 is 5.48 Å². The second-order valence-corrected chi connectivity index (χ2v) is 7.44. The minimum Gasteiger partial charge on any atom is -0.391 e. The Hall–Kier alpha value is -0.780. The van der Waals surface area contributed by atoms with Gasteiger partial charge in [0.05, 0.1) is 29.3 Å². The van der Waals surface area contributed by atoms with Crippen LogP contribution in [0.1, 0.15) is 37.7 Å². The maximum Gasteiger partial charge on any atom is 0.0749 e. The number of rotatable bonds is 4. The Bertz CT molecular complexity index is 650. The van der Waals surface area contributed by atoms with Crippen LogP contribution in [0.3, 0.4) is 0 Å². The predicted molar refractivity (Wildman–Crippen MR) is 97.2 cm³/mol. The van der Waals surface area contributed by atoms with Crippen LogP contribution >= 0.6 is 23.2 Å². The molecule has 1 aromatic carbocycles. The van der Waals surface area contributed by atoms with Crippen LogP contribution in [-0.2, 0) is 4.84 Å². The highest BCUT2D eigenvalue weighted by Gasteiger charge is 2.48. The molecule has 6 heteroatoms. The molecule has 24 heavy (non-hydrogen) atoms. The first-order valence-electron chi connectivity index (χ1n) is 8.34. The van der Waals surface area contributed by atoms with Gasteiger partial charge in [0.25, 0.3) is 0 Å². The van der Waals surface area contributed by atoms with Crippen LogP contribution in [0.5, 0.6) is 0 Å². The van der Waals surface area contributed by atoms with Crippen LogP contribution in [0.4, 0.5) is 0 Å². The molecule has 2 aliphatic heterocycles. The van der Waals surface area contributed by atoms with Crippen molar-refractivity contribution in [3.63, 3.8) is 0 Å². The summed E-state index contributed by atoms with van der Waals surface area (Å²) in [6.07, 6.45) is 2.20. The van der Waals surface area contributed by atoms with Gasteiger partial charge in [-0.3, -0.25) is 15.2 Å². The monoisotopic (exact) mass is 370 g/mol. The Kier molecular flexibility index (Phi) is 5.42. The molecule has 2 saturated heterocycles. The Morgan fingerprint density at radius 2 is 2.08 bits per heavy atom. The summed E-state index contributed by atoms with van der Waals surface area (Å²) in [5, 5.41) is 11.8. The van der Waals surface area contributed by atoms with E-state index in [2.05, 4.69) is 24.4 Å². The van der Waals surface area contributed by atoms with Crippen LogP contribution in [0.15, 0.2) is 29.5 Å². The molecule has 0 spiro atoms. The summed E-state index contributed by atoms with van der Waals surface area (Å²) in [4.78, 5) is 7.49. The summed E-state index contributed by atoms with van der Waals surface area (Å²) < 4.78 is 0. The van der Waals surface area contributed by atoms with E-state index in [-0.39, 0.29) is 18.1 Å². The van der Waals surface area contributed by atoms with Crippen LogP contribution in [0, 0.1) is 0 Å². The third-order valence-corrected chi connectivity index (χ3v) is 6.11. The molecule has 0 radical (unpaired) electrons. The fraction of sp³-hybridized carbons (Fsp3) is 0.556. The Balaban J connectivity index is 2.10. The van der Waals surface area contributed by atoms with Gasteiger partial charge in [0, 0.05) is 17.7 Å². The number of hydroxylamine groups is 1. The molecule has 2 fully saturated rings. The standard InChI is InChI=1S/C18H24Cl2N2O2/c1-4-15(21-24-3)17-12(10-5-6-13(19)14(20)7-10)8-11-9-16(23)18(17)22(11)2/h5-7,11-12,16,18,21,23H,4,8-9H2,1-3H3/t11?,12-,16?,18-/m0/s1.